The number of rotatable bonds is 4. The highest BCUT2D eigenvalue weighted by Gasteiger charge is 2.50. The molecule has 5 heteroatoms. The van der Waals surface area contributed by atoms with Crippen molar-refractivity contribution in [2.24, 2.45) is 29.4 Å². The van der Waals surface area contributed by atoms with Crippen molar-refractivity contribution in [1.29, 1.82) is 0 Å². The van der Waals surface area contributed by atoms with Gasteiger partial charge in [-0.05, 0) is 79.2 Å². The summed E-state index contributed by atoms with van der Waals surface area (Å²) in [5, 5.41) is 12.5. The van der Waals surface area contributed by atoms with E-state index in [9.17, 15) is 0 Å². The predicted molar refractivity (Wildman–Crippen MR) is 71.3 cm³/mol. The number of nitrogens with zero attached hydrogens (tertiary/aromatic N) is 4. The molecule has 4 fully saturated rings. The van der Waals surface area contributed by atoms with Crippen LogP contribution in [-0.4, -0.2) is 26.8 Å². The van der Waals surface area contributed by atoms with Crippen LogP contribution in [0, 0.1) is 23.7 Å². The van der Waals surface area contributed by atoms with Crippen molar-refractivity contribution < 1.29 is 0 Å². The first-order valence-electron chi connectivity index (χ1n) is 7.81. The van der Waals surface area contributed by atoms with Crippen LogP contribution < -0.4 is 5.73 Å². The van der Waals surface area contributed by atoms with Gasteiger partial charge in [-0.1, -0.05) is 0 Å². The minimum absolute atomic E-state index is 0.626. The van der Waals surface area contributed by atoms with Crippen LogP contribution in [0.2, 0.25) is 0 Å². The van der Waals surface area contributed by atoms with Crippen molar-refractivity contribution in [3.05, 3.63) is 5.82 Å². The third-order valence-electron chi connectivity index (χ3n) is 5.66. The first kappa shape index (κ1) is 11.8. The van der Waals surface area contributed by atoms with Gasteiger partial charge in [0.25, 0.3) is 0 Å². The molecular weight excluding hydrogens is 238 g/mol. The molecule has 2 N–H and O–H groups in total. The van der Waals surface area contributed by atoms with Crippen LogP contribution in [0.15, 0.2) is 0 Å². The number of tetrazole rings is 1. The molecule has 1 aromatic rings. The number of aromatic nitrogens is 4. The number of aryl methyl sites for hydroxylation is 1. The van der Waals surface area contributed by atoms with E-state index in [0.717, 1.165) is 42.5 Å². The Labute approximate surface area is 113 Å². The van der Waals surface area contributed by atoms with Gasteiger partial charge >= 0.3 is 0 Å². The SMILES string of the molecule is NCCCn1nnnc1C1C2CC3CC(C2)CC1C3. The van der Waals surface area contributed by atoms with E-state index >= 15 is 0 Å². The summed E-state index contributed by atoms with van der Waals surface area (Å²) in [7, 11) is 0. The van der Waals surface area contributed by atoms with Gasteiger partial charge in [-0.15, -0.1) is 5.10 Å². The van der Waals surface area contributed by atoms with E-state index in [2.05, 4.69) is 15.5 Å². The molecule has 4 aliphatic carbocycles. The Morgan fingerprint density at radius 2 is 1.74 bits per heavy atom. The van der Waals surface area contributed by atoms with Crippen LogP contribution >= 0.6 is 0 Å². The largest absolute Gasteiger partial charge is 0.330 e. The van der Waals surface area contributed by atoms with E-state index in [1.807, 2.05) is 4.68 Å². The Bertz CT molecular complexity index is 426. The van der Waals surface area contributed by atoms with Crippen molar-refractivity contribution in [2.75, 3.05) is 6.54 Å². The lowest BCUT2D eigenvalue weighted by molar-refractivity contribution is -0.00718. The lowest BCUT2D eigenvalue weighted by atomic mass is 9.51. The van der Waals surface area contributed by atoms with E-state index in [4.69, 9.17) is 5.73 Å². The Morgan fingerprint density at radius 1 is 1.05 bits per heavy atom. The molecule has 4 saturated carbocycles. The molecule has 1 heterocycles. The lowest BCUT2D eigenvalue weighted by Crippen LogP contribution is -2.44. The van der Waals surface area contributed by atoms with E-state index < -0.39 is 0 Å². The monoisotopic (exact) mass is 261 g/mol. The average Bonchev–Trinajstić information content (AvgIpc) is 2.83. The van der Waals surface area contributed by atoms with Crippen molar-refractivity contribution in [3.63, 3.8) is 0 Å². The highest BCUT2D eigenvalue weighted by atomic mass is 15.5. The minimum Gasteiger partial charge on any atom is -0.330 e. The molecule has 0 amide bonds. The highest BCUT2D eigenvalue weighted by molar-refractivity contribution is 5.09. The molecule has 0 spiro atoms. The van der Waals surface area contributed by atoms with Gasteiger partial charge in [-0.25, -0.2) is 4.68 Å². The van der Waals surface area contributed by atoms with Crippen LogP contribution in [-0.2, 0) is 6.54 Å². The molecule has 0 atom stereocenters. The molecule has 0 unspecified atom stereocenters. The summed E-state index contributed by atoms with van der Waals surface area (Å²) >= 11 is 0. The topological polar surface area (TPSA) is 69.6 Å². The lowest BCUT2D eigenvalue weighted by Gasteiger charge is -2.53. The molecule has 4 aliphatic rings. The molecule has 104 valence electrons. The Hall–Kier alpha value is -0.970. The zero-order valence-corrected chi connectivity index (χ0v) is 11.4. The molecule has 5 rings (SSSR count). The van der Waals surface area contributed by atoms with Crippen LogP contribution in [0.5, 0.6) is 0 Å². The molecule has 0 aromatic carbocycles. The molecule has 0 aliphatic heterocycles. The fraction of sp³-hybridized carbons (Fsp3) is 0.929. The molecule has 5 nitrogen and oxygen atoms in total. The standard InChI is InChI=1S/C14H23N5/c15-2-1-3-19-14(16-17-18-19)13-11-5-9-4-10(7-11)8-12(13)6-9/h9-13H,1-8,15H2. The molecule has 4 bridgehead atoms. The number of nitrogens with two attached hydrogens (primary N) is 1. The maximum Gasteiger partial charge on any atom is 0.154 e. The van der Waals surface area contributed by atoms with E-state index in [-0.39, 0.29) is 0 Å². The Balaban J connectivity index is 1.60. The van der Waals surface area contributed by atoms with E-state index in [1.165, 1.54) is 32.1 Å². The Kier molecular flexibility index (Phi) is 2.83. The first-order chi connectivity index (χ1) is 9.35. The van der Waals surface area contributed by atoms with Gasteiger partial charge in [0.15, 0.2) is 5.82 Å². The zero-order chi connectivity index (χ0) is 12.8. The van der Waals surface area contributed by atoms with Crippen LogP contribution in [0.25, 0.3) is 0 Å². The maximum atomic E-state index is 5.61. The van der Waals surface area contributed by atoms with Gasteiger partial charge in [0.2, 0.25) is 0 Å². The molecule has 0 radical (unpaired) electrons. The molecule has 19 heavy (non-hydrogen) atoms. The average molecular weight is 261 g/mol. The van der Waals surface area contributed by atoms with Crippen molar-refractivity contribution in [3.8, 4) is 0 Å². The Morgan fingerprint density at radius 3 is 2.37 bits per heavy atom. The van der Waals surface area contributed by atoms with Crippen molar-refractivity contribution in [1.82, 2.24) is 20.2 Å². The van der Waals surface area contributed by atoms with Gasteiger partial charge < -0.3 is 5.73 Å². The van der Waals surface area contributed by atoms with Crippen molar-refractivity contribution in [2.45, 2.75) is 51.0 Å². The van der Waals surface area contributed by atoms with Gasteiger partial charge in [-0.2, -0.15) is 0 Å². The van der Waals surface area contributed by atoms with Gasteiger partial charge in [-0.3, -0.25) is 0 Å². The van der Waals surface area contributed by atoms with Gasteiger partial charge in [0.05, 0.1) is 0 Å². The predicted octanol–water partition coefficient (Wildman–Crippen LogP) is 1.56. The summed E-state index contributed by atoms with van der Waals surface area (Å²) in [5.41, 5.74) is 5.61. The molecule has 1 aromatic heterocycles. The van der Waals surface area contributed by atoms with Crippen LogP contribution in [0.3, 0.4) is 0 Å². The fourth-order valence-corrected chi connectivity index (χ4v) is 5.20. The van der Waals surface area contributed by atoms with E-state index in [0.29, 0.717) is 12.5 Å². The summed E-state index contributed by atoms with van der Waals surface area (Å²) in [4.78, 5) is 0. The van der Waals surface area contributed by atoms with Crippen LogP contribution in [0.4, 0.5) is 0 Å². The third kappa shape index (κ3) is 1.90. The smallest absolute Gasteiger partial charge is 0.154 e. The van der Waals surface area contributed by atoms with Crippen LogP contribution in [0.1, 0.15) is 50.3 Å². The first-order valence-corrected chi connectivity index (χ1v) is 7.81. The quantitative estimate of drug-likeness (QED) is 0.893. The maximum absolute atomic E-state index is 5.61. The third-order valence-corrected chi connectivity index (χ3v) is 5.66. The normalized spacial score (nSPS) is 39.9. The second kappa shape index (κ2) is 4.54. The zero-order valence-electron chi connectivity index (χ0n) is 11.4. The molecule has 0 saturated heterocycles. The summed E-state index contributed by atoms with van der Waals surface area (Å²) in [5.74, 6) is 5.49. The number of hydrogen-bond acceptors (Lipinski definition) is 4. The van der Waals surface area contributed by atoms with Gasteiger partial charge in [0, 0.05) is 12.5 Å². The minimum atomic E-state index is 0.626. The van der Waals surface area contributed by atoms with Crippen molar-refractivity contribution >= 4 is 0 Å². The summed E-state index contributed by atoms with van der Waals surface area (Å²) in [6, 6.07) is 0. The highest BCUT2D eigenvalue weighted by Crippen LogP contribution is 2.59. The second-order valence-corrected chi connectivity index (χ2v) is 6.86. The summed E-state index contributed by atoms with van der Waals surface area (Å²) in [6.45, 7) is 1.59. The fourth-order valence-electron chi connectivity index (χ4n) is 5.20. The summed E-state index contributed by atoms with van der Waals surface area (Å²) < 4.78 is 2.03. The second-order valence-electron chi connectivity index (χ2n) is 6.86. The number of hydrogen-bond donors (Lipinski definition) is 1. The molecular formula is C14H23N5. The van der Waals surface area contributed by atoms with E-state index in [1.54, 1.807) is 0 Å². The van der Waals surface area contributed by atoms with Gasteiger partial charge in [0.1, 0.15) is 0 Å². The summed E-state index contributed by atoms with van der Waals surface area (Å²) in [6.07, 6.45) is 8.13.